The van der Waals surface area contributed by atoms with Gasteiger partial charge in [0, 0.05) is 17.8 Å². The summed E-state index contributed by atoms with van der Waals surface area (Å²) in [6.07, 6.45) is 1.69. The van der Waals surface area contributed by atoms with Crippen LogP contribution in [-0.2, 0) is 17.6 Å². The van der Waals surface area contributed by atoms with Crippen molar-refractivity contribution >= 4 is 17.5 Å². The van der Waals surface area contributed by atoms with Crippen LogP contribution in [0.15, 0.2) is 60.7 Å². The normalized spacial score (nSPS) is 18.4. The van der Waals surface area contributed by atoms with Crippen LogP contribution in [0.3, 0.4) is 0 Å². The van der Waals surface area contributed by atoms with Gasteiger partial charge in [0.25, 0.3) is 5.91 Å². The summed E-state index contributed by atoms with van der Waals surface area (Å²) in [6, 6.07) is 19.1. The van der Waals surface area contributed by atoms with Crippen LogP contribution in [0, 0.1) is 0 Å². The molecule has 6 nitrogen and oxygen atoms in total. The molecular formula is C28H28N2O4. The van der Waals surface area contributed by atoms with Gasteiger partial charge in [-0.15, -0.1) is 0 Å². The smallest absolute Gasteiger partial charge is 0.254 e. The summed E-state index contributed by atoms with van der Waals surface area (Å²) in [5.74, 6) is 0.125. The van der Waals surface area contributed by atoms with E-state index in [1.165, 1.54) is 11.1 Å². The number of fused-ring (bicyclic) bond motifs is 4. The van der Waals surface area contributed by atoms with E-state index in [0.29, 0.717) is 29.2 Å². The Morgan fingerprint density at radius 2 is 1.71 bits per heavy atom. The Hall–Kier alpha value is -3.80. The predicted octanol–water partition coefficient (Wildman–Crippen LogP) is 4.74. The van der Waals surface area contributed by atoms with E-state index >= 15 is 0 Å². The number of aryl methyl sites for hydroxylation is 1. The van der Waals surface area contributed by atoms with Gasteiger partial charge in [-0.25, -0.2) is 0 Å². The molecule has 1 N–H and O–H groups in total. The Labute approximate surface area is 199 Å². The highest BCUT2D eigenvalue weighted by atomic mass is 16.5. The molecule has 2 aliphatic heterocycles. The minimum Gasteiger partial charge on any atom is -0.493 e. The van der Waals surface area contributed by atoms with Crippen molar-refractivity contribution in [1.82, 2.24) is 4.90 Å². The fourth-order valence-electron chi connectivity index (χ4n) is 5.18. The Morgan fingerprint density at radius 3 is 2.41 bits per heavy atom. The van der Waals surface area contributed by atoms with Gasteiger partial charge >= 0.3 is 0 Å². The highest BCUT2D eigenvalue weighted by Crippen LogP contribution is 2.48. The highest BCUT2D eigenvalue weighted by Gasteiger charge is 2.47. The summed E-state index contributed by atoms with van der Waals surface area (Å²) in [5.41, 5.74) is 5.26. The molecule has 6 heteroatoms. The lowest BCUT2D eigenvalue weighted by molar-refractivity contribution is -0.119. The molecule has 0 spiro atoms. The van der Waals surface area contributed by atoms with Crippen molar-refractivity contribution < 1.29 is 19.1 Å². The van der Waals surface area contributed by atoms with Crippen molar-refractivity contribution in [1.29, 1.82) is 0 Å². The van der Waals surface area contributed by atoms with Crippen LogP contribution in [0.4, 0.5) is 5.69 Å². The first kappa shape index (κ1) is 22.0. The molecule has 0 fully saturated rings. The lowest BCUT2D eigenvalue weighted by Crippen LogP contribution is -2.49. The van der Waals surface area contributed by atoms with Crippen LogP contribution in [0.5, 0.6) is 11.5 Å². The van der Waals surface area contributed by atoms with Gasteiger partial charge in [-0.2, -0.15) is 0 Å². The van der Waals surface area contributed by atoms with E-state index in [4.69, 9.17) is 9.47 Å². The average Bonchev–Trinajstić information content (AvgIpc) is 2.88. The number of hydrogen-bond donors (Lipinski definition) is 1. The van der Waals surface area contributed by atoms with Crippen LogP contribution in [0.1, 0.15) is 51.5 Å². The third kappa shape index (κ3) is 3.59. The van der Waals surface area contributed by atoms with Crippen molar-refractivity contribution in [2.45, 2.75) is 31.7 Å². The molecule has 174 valence electrons. The molecule has 2 amide bonds. The summed E-state index contributed by atoms with van der Waals surface area (Å²) in [7, 11) is 3.10. The molecule has 0 bridgehead atoms. The van der Waals surface area contributed by atoms with Crippen molar-refractivity contribution in [2.24, 2.45) is 0 Å². The molecule has 3 aromatic carbocycles. The molecule has 0 aliphatic carbocycles. The van der Waals surface area contributed by atoms with Crippen molar-refractivity contribution in [3.8, 4) is 11.5 Å². The standard InChI is InChI=1S/C28H28N2O4/c1-4-17-9-11-19(12-10-17)29-27(31)25-21-15-23(33-2)24(34-3)16-22(21)28(32)30-14-13-18-7-5-6-8-20(18)26(25)30/h5-12,15-16,25-26H,4,13-14H2,1-3H3,(H,29,31). The van der Waals surface area contributed by atoms with E-state index in [9.17, 15) is 9.59 Å². The lowest BCUT2D eigenvalue weighted by atomic mass is 9.75. The Kier molecular flexibility index (Phi) is 5.74. The van der Waals surface area contributed by atoms with Gasteiger partial charge in [0.05, 0.1) is 26.2 Å². The van der Waals surface area contributed by atoms with E-state index < -0.39 is 12.0 Å². The Morgan fingerprint density at radius 1 is 1.00 bits per heavy atom. The van der Waals surface area contributed by atoms with Crippen LogP contribution < -0.4 is 14.8 Å². The highest BCUT2D eigenvalue weighted by molar-refractivity contribution is 6.05. The number of ether oxygens (including phenoxy) is 2. The zero-order chi connectivity index (χ0) is 23.8. The number of nitrogens with zero attached hydrogens (tertiary/aromatic N) is 1. The van der Waals surface area contributed by atoms with Gasteiger partial charge in [-0.1, -0.05) is 43.3 Å². The van der Waals surface area contributed by atoms with Crippen LogP contribution in [0.2, 0.25) is 0 Å². The summed E-state index contributed by atoms with van der Waals surface area (Å²) >= 11 is 0. The second-order valence-electron chi connectivity index (χ2n) is 8.70. The number of benzene rings is 3. The van der Waals surface area contributed by atoms with E-state index in [2.05, 4.69) is 18.3 Å². The van der Waals surface area contributed by atoms with E-state index in [-0.39, 0.29) is 11.8 Å². The molecule has 2 atom stereocenters. The van der Waals surface area contributed by atoms with E-state index in [1.807, 2.05) is 47.4 Å². The van der Waals surface area contributed by atoms with Gasteiger partial charge in [-0.05, 0) is 59.4 Å². The zero-order valence-corrected chi connectivity index (χ0v) is 19.6. The molecular weight excluding hydrogens is 428 g/mol. The molecule has 5 rings (SSSR count). The Balaban J connectivity index is 1.65. The first-order chi connectivity index (χ1) is 16.5. The molecule has 2 aliphatic rings. The summed E-state index contributed by atoms with van der Waals surface area (Å²) in [4.78, 5) is 29.3. The molecule has 2 heterocycles. The number of methoxy groups -OCH3 is 2. The topological polar surface area (TPSA) is 67.9 Å². The molecule has 0 radical (unpaired) electrons. The summed E-state index contributed by atoms with van der Waals surface area (Å²) in [5, 5.41) is 3.10. The van der Waals surface area contributed by atoms with Crippen molar-refractivity contribution in [3.63, 3.8) is 0 Å². The third-order valence-electron chi connectivity index (χ3n) is 6.94. The lowest BCUT2D eigenvalue weighted by Gasteiger charge is -2.45. The number of anilines is 1. The van der Waals surface area contributed by atoms with E-state index in [0.717, 1.165) is 24.1 Å². The van der Waals surface area contributed by atoms with Crippen molar-refractivity contribution in [3.05, 3.63) is 88.5 Å². The maximum atomic E-state index is 13.9. The molecule has 3 aromatic rings. The van der Waals surface area contributed by atoms with Crippen molar-refractivity contribution in [2.75, 3.05) is 26.1 Å². The van der Waals surface area contributed by atoms with E-state index in [1.54, 1.807) is 26.4 Å². The first-order valence-electron chi connectivity index (χ1n) is 11.6. The summed E-state index contributed by atoms with van der Waals surface area (Å²) in [6.45, 7) is 2.66. The second-order valence-corrected chi connectivity index (χ2v) is 8.70. The SMILES string of the molecule is CCc1ccc(NC(=O)C2c3cc(OC)c(OC)cc3C(=O)N3CCc4ccccc4C23)cc1. The fourth-order valence-corrected chi connectivity index (χ4v) is 5.18. The second kappa shape index (κ2) is 8.86. The molecule has 0 saturated heterocycles. The zero-order valence-electron chi connectivity index (χ0n) is 19.6. The maximum Gasteiger partial charge on any atom is 0.254 e. The van der Waals surface area contributed by atoms with Crippen LogP contribution in [-0.4, -0.2) is 37.5 Å². The molecule has 2 unspecified atom stereocenters. The van der Waals surface area contributed by atoms with Gasteiger partial charge in [0.2, 0.25) is 5.91 Å². The van der Waals surface area contributed by atoms with Crippen LogP contribution >= 0.6 is 0 Å². The third-order valence-corrected chi connectivity index (χ3v) is 6.94. The summed E-state index contributed by atoms with van der Waals surface area (Å²) < 4.78 is 11.0. The van der Waals surface area contributed by atoms with Gasteiger partial charge in [-0.3, -0.25) is 9.59 Å². The number of carbonyl (C=O) groups is 2. The quantitative estimate of drug-likeness (QED) is 0.602. The number of rotatable bonds is 5. The molecule has 0 aromatic heterocycles. The number of carbonyl (C=O) groups excluding carboxylic acids is 2. The largest absolute Gasteiger partial charge is 0.493 e. The Bertz CT molecular complexity index is 1250. The van der Waals surface area contributed by atoms with Gasteiger partial charge < -0.3 is 19.7 Å². The maximum absolute atomic E-state index is 13.9. The van der Waals surface area contributed by atoms with Crippen LogP contribution in [0.25, 0.3) is 0 Å². The first-order valence-corrected chi connectivity index (χ1v) is 11.6. The minimum atomic E-state index is -0.597. The minimum absolute atomic E-state index is 0.0909. The predicted molar refractivity (Wildman–Crippen MR) is 131 cm³/mol. The fraction of sp³-hybridized carbons (Fsp3) is 0.286. The average molecular weight is 457 g/mol. The number of hydrogen-bond acceptors (Lipinski definition) is 4. The number of amides is 2. The van der Waals surface area contributed by atoms with Gasteiger partial charge in [0.1, 0.15) is 0 Å². The van der Waals surface area contributed by atoms with Gasteiger partial charge in [0.15, 0.2) is 11.5 Å². The molecule has 34 heavy (non-hydrogen) atoms. The number of nitrogens with one attached hydrogen (secondary N) is 1. The monoisotopic (exact) mass is 456 g/mol. The molecule has 0 saturated carbocycles.